The van der Waals surface area contributed by atoms with Crippen molar-refractivity contribution in [2.45, 2.75) is 13.3 Å². The van der Waals surface area contributed by atoms with Gasteiger partial charge in [-0.3, -0.25) is 4.79 Å². The van der Waals surface area contributed by atoms with Crippen molar-refractivity contribution in [1.29, 1.82) is 5.26 Å². The Bertz CT molecular complexity index is 1420. The van der Waals surface area contributed by atoms with E-state index in [9.17, 15) is 20.0 Å². The van der Waals surface area contributed by atoms with Crippen LogP contribution in [-0.4, -0.2) is 28.5 Å². The number of carbonyl (C=O) groups is 2. The summed E-state index contributed by atoms with van der Waals surface area (Å²) < 4.78 is 5.77. The van der Waals surface area contributed by atoms with Gasteiger partial charge >= 0.3 is 5.97 Å². The quantitative estimate of drug-likeness (QED) is 0.285. The molecule has 33 heavy (non-hydrogen) atoms. The maximum Gasteiger partial charge on any atom is 0.335 e. The maximum absolute atomic E-state index is 12.5. The largest absolute Gasteiger partial charge is 0.478 e. The molecule has 0 saturated heterocycles. The van der Waals surface area contributed by atoms with E-state index in [4.69, 9.17) is 4.42 Å². The molecule has 3 N–H and O–H groups in total. The van der Waals surface area contributed by atoms with Gasteiger partial charge in [0.1, 0.15) is 23.2 Å². The van der Waals surface area contributed by atoms with Gasteiger partial charge in [-0.1, -0.05) is 24.3 Å². The first-order chi connectivity index (χ1) is 16.0. The summed E-state index contributed by atoms with van der Waals surface area (Å²) in [5, 5.41) is 22.6. The number of aromatic nitrogens is 1. The lowest BCUT2D eigenvalue weighted by Crippen LogP contribution is -2.26. The van der Waals surface area contributed by atoms with Gasteiger partial charge in [-0.15, -0.1) is 0 Å². The van der Waals surface area contributed by atoms with E-state index in [1.54, 1.807) is 18.2 Å². The zero-order valence-electron chi connectivity index (χ0n) is 17.9. The zero-order valence-corrected chi connectivity index (χ0v) is 17.9. The molecular formula is C26H21N3O4. The number of benzene rings is 2. The predicted molar refractivity (Wildman–Crippen MR) is 124 cm³/mol. The molecule has 0 aliphatic heterocycles. The van der Waals surface area contributed by atoms with Crippen molar-refractivity contribution in [3.05, 3.63) is 88.8 Å². The third-order valence-corrected chi connectivity index (χ3v) is 5.38. The average Bonchev–Trinajstić information content (AvgIpc) is 3.45. The van der Waals surface area contributed by atoms with Crippen LogP contribution in [0.2, 0.25) is 0 Å². The number of hydrogen-bond donors (Lipinski definition) is 3. The first-order valence-corrected chi connectivity index (χ1v) is 10.4. The van der Waals surface area contributed by atoms with Gasteiger partial charge in [0.2, 0.25) is 0 Å². The van der Waals surface area contributed by atoms with Crippen molar-refractivity contribution >= 4 is 28.9 Å². The van der Waals surface area contributed by atoms with E-state index in [1.165, 1.54) is 18.2 Å². The molecule has 2 aromatic heterocycles. The minimum atomic E-state index is -1.03. The van der Waals surface area contributed by atoms with Gasteiger partial charge in [-0.25, -0.2) is 4.79 Å². The molecule has 1 amide bonds. The Kier molecular flexibility index (Phi) is 6.09. The third kappa shape index (κ3) is 4.70. The molecule has 0 aliphatic carbocycles. The first-order valence-electron chi connectivity index (χ1n) is 10.4. The summed E-state index contributed by atoms with van der Waals surface area (Å²) >= 11 is 0. The van der Waals surface area contributed by atoms with Crippen molar-refractivity contribution in [1.82, 2.24) is 10.3 Å². The molecule has 4 rings (SSSR count). The molecule has 0 unspecified atom stereocenters. The lowest BCUT2D eigenvalue weighted by atomic mass is 10.0. The molecule has 0 aliphatic rings. The molecule has 2 heterocycles. The number of carboxylic acids is 1. The number of hydrogen-bond acceptors (Lipinski definition) is 4. The van der Waals surface area contributed by atoms with Crippen molar-refractivity contribution in [3.63, 3.8) is 0 Å². The number of nitrogens with one attached hydrogen (secondary N) is 2. The molecule has 0 saturated carbocycles. The molecule has 164 valence electrons. The molecule has 7 nitrogen and oxygen atoms in total. The van der Waals surface area contributed by atoms with E-state index < -0.39 is 11.9 Å². The summed E-state index contributed by atoms with van der Waals surface area (Å²) in [7, 11) is 0. The highest BCUT2D eigenvalue weighted by Crippen LogP contribution is 2.27. The molecular weight excluding hydrogens is 418 g/mol. The van der Waals surface area contributed by atoms with Crippen LogP contribution in [-0.2, 0) is 11.2 Å². The Balaban J connectivity index is 1.45. The zero-order chi connectivity index (χ0) is 23.4. The molecule has 7 heteroatoms. The number of aryl methyl sites for hydroxylation is 1. The smallest absolute Gasteiger partial charge is 0.335 e. The molecule has 2 aromatic carbocycles. The van der Waals surface area contributed by atoms with Crippen molar-refractivity contribution in [2.75, 3.05) is 6.54 Å². The number of amides is 1. The maximum atomic E-state index is 12.5. The van der Waals surface area contributed by atoms with Crippen LogP contribution in [0.15, 0.2) is 70.8 Å². The van der Waals surface area contributed by atoms with E-state index in [1.807, 2.05) is 43.5 Å². The van der Waals surface area contributed by atoms with Crippen LogP contribution < -0.4 is 5.32 Å². The van der Waals surface area contributed by atoms with E-state index in [0.717, 1.165) is 22.0 Å². The number of rotatable bonds is 7. The highest BCUT2D eigenvalue weighted by atomic mass is 16.4. The number of para-hydroxylation sites is 1. The van der Waals surface area contributed by atoms with Crippen LogP contribution in [0.5, 0.6) is 0 Å². The van der Waals surface area contributed by atoms with Gasteiger partial charge in [0.25, 0.3) is 5.91 Å². The summed E-state index contributed by atoms with van der Waals surface area (Å²) in [6, 6.07) is 17.9. The van der Waals surface area contributed by atoms with Crippen LogP contribution in [0.4, 0.5) is 0 Å². The highest BCUT2D eigenvalue weighted by molar-refractivity contribution is 6.01. The number of nitriles is 1. The summed E-state index contributed by atoms with van der Waals surface area (Å²) in [4.78, 5) is 27.0. The number of H-pyrrole nitrogens is 1. The number of aromatic carboxylic acids is 1. The van der Waals surface area contributed by atoms with Crippen LogP contribution in [0.25, 0.3) is 28.3 Å². The molecule has 0 bridgehead atoms. The lowest BCUT2D eigenvalue weighted by molar-refractivity contribution is -0.117. The topological polar surface area (TPSA) is 119 Å². The first kappa shape index (κ1) is 21.7. The Hall–Kier alpha value is -4.57. The Morgan fingerprint density at radius 3 is 2.79 bits per heavy atom. The average molecular weight is 439 g/mol. The summed E-state index contributed by atoms with van der Waals surface area (Å²) in [5.74, 6) is -0.731. The molecule has 0 atom stereocenters. The van der Waals surface area contributed by atoms with Crippen LogP contribution in [0.3, 0.4) is 0 Å². The second kappa shape index (κ2) is 9.28. The Labute approximate surface area is 190 Å². The Morgan fingerprint density at radius 1 is 1.18 bits per heavy atom. The molecule has 0 radical (unpaired) electrons. The van der Waals surface area contributed by atoms with Gasteiger partial charge in [-0.2, -0.15) is 5.26 Å². The van der Waals surface area contributed by atoms with E-state index in [-0.39, 0.29) is 11.1 Å². The SMILES string of the molecule is Cc1ccc(C(=O)O)cc1-c1ccc(/C=C(/C#N)C(=O)NCCc2c[nH]c3ccccc23)o1. The number of carbonyl (C=O) groups excluding carboxylic acids is 1. The fourth-order valence-corrected chi connectivity index (χ4v) is 3.63. The van der Waals surface area contributed by atoms with Crippen molar-refractivity contribution in [3.8, 4) is 17.4 Å². The van der Waals surface area contributed by atoms with Crippen LogP contribution in [0, 0.1) is 18.3 Å². The fourth-order valence-electron chi connectivity index (χ4n) is 3.63. The molecule has 4 aromatic rings. The third-order valence-electron chi connectivity index (χ3n) is 5.38. The van der Waals surface area contributed by atoms with E-state index in [0.29, 0.717) is 30.0 Å². The minimum absolute atomic E-state index is 0.0779. The normalized spacial score (nSPS) is 11.3. The van der Waals surface area contributed by atoms with Gasteiger partial charge in [-0.05, 0) is 54.8 Å². The number of fused-ring (bicyclic) bond motifs is 1. The minimum Gasteiger partial charge on any atom is -0.478 e. The van der Waals surface area contributed by atoms with Crippen molar-refractivity contribution in [2.24, 2.45) is 0 Å². The summed E-state index contributed by atoms with van der Waals surface area (Å²) in [6.07, 6.45) is 3.92. The van der Waals surface area contributed by atoms with Crippen molar-refractivity contribution < 1.29 is 19.1 Å². The predicted octanol–water partition coefficient (Wildman–Crippen LogP) is 4.70. The van der Waals surface area contributed by atoms with E-state index in [2.05, 4.69) is 10.3 Å². The fraction of sp³-hybridized carbons (Fsp3) is 0.115. The molecule has 0 spiro atoms. The second-order valence-corrected chi connectivity index (χ2v) is 7.57. The second-order valence-electron chi connectivity index (χ2n) is 7.57. The summed E-state index contributed by atoms with van der Waals surface area (Å²) in [5.41, 5.74) is 3.68. The number of furan rings is 1. The van der Waals surface area contributed by atoms with Crippen LogP contribution in [0.1, 0.15) is 27.2 Å². The van der Waals surface area contributed by atoms with Gasteiger partial charge in [0, 0.05) is 35.3 Å². The monoisotopic (exact) mass is 439 g/mol. The number of nitrogens with zero attached hydrogens (tertiary/aromatic N) is 1. The van der Waals surface area contributed by atoms with E-state index >= 15 is 0 Å². The Morgan fingerprint density at radius 2 is 2.00 bits per heavy atom. The van der Waals surface area contributed by atoms with Gasteiger partial charge in [0.05, 0.1) is 5.56 Å². The summed E-state index contributed by atoms with van der Waals surface area (Å²) in [6.45, 7) is 2.23. The number of aromatic amines is 1. The van der Waals surface area contributed by atoms with Gasteiger partial charge < -0.3 is 19.8 Å². The van der Waals surface area contributed by atoms with Gasteiger partial charge in [0.15, 0.2) is 0 Å². The molecule has 0 fully saturated rings. The highest BCUT2D eigenvalue weighted by Gasteiger charge is 2.14. The number of carboxylic acid groups (broad SMARTS) is 1. The lowest BCUT2D eigenvalue weighted by Gasteiger charge is -2.05. The van der Waals surface area contributed by atoms with Crippen LogP contribution >= 0.6 is 0 Å². The standard InChI is InChI=1S/C26H21N3O4/c1-16-6-7-17(26(31)32)13-22(16)24-9-8-20(33-24)12-19(14-27)25(30)28-11-10-18-15-29-23-5-3-2-4-21(18)23/h2-9,12-13,15,29H,10-11H2,1H3,(H,28,30)(H,31,32)/b19-12-.